The fourth-order valence-corrected chi connectivity index (χ4v) is 2.44. The largest absolute Gasteiger partial charge is 0.378 e. The molecular formula is C17H19Cl2N5S. The van der Waals surface area contributed by atoms with Crippen LogP contribution >= 0.6 is 37.0 Å². The molecule has 2 aromatic heterocycles. The van der Waals surface area contributed by atoms with Crippen molar-refractivity contribution in [2.24, 2.45) is 0 Å². The fraction of sp³-hybridized carbons (Fsp3) is 0.118. The Morgan fingerprint density at radius 3 is 2.32 bits per heavy atom. The number of pyridine rings is 2. The quantitative estimate of drug-likeness (QED) is 0.642. The Morgan fingerprint density at radius 1 is 0.920 bits per heavy atom. The first-order valence-corrected chi connectivity index (χ1v) is 7.59. The number of nitrogens with zero attached hydrogens (tertiary/aromatic N) is 3. The van der Waals surface area contributed by atoms with Crippen molar-refractivity contribution in [3.8, 4) is 0 Å². The van der Waals surface area contributed by atoms with Crippen LogP contribution in [0.3, 0.4) is 0 Å². The third-order valence-corrected chi connectivity index (χ3v) is 3.59. The second-order valence-electron chi connectivity index (χ2n) is 5.25. The molecule has 0 fully saturated rings. The molecule has 0 aliphatic heterocycles. The maximum Gasteiger partial charge on any atom is 0.175 e. The van der Waals surface area contributed by atoms with Crippen LogP contribution in [-0.2, 0) is 0 Å². The Bertz CT molecular complexity index is 835. The van der Waals surface area contributed by atoms with Gasteiger partial charge in [0.1, 0.15) is 5.52 Å². The number of rotatable bonds is 3. The molecule has 0 aliphatic carbocycles. The van der Waals surface area contributed by atoms with Crippen molar-refractivity contribution in [3.63, 3.8) is 0 Å². The predicted octanol–water partition coefficient (Wildman–Crippen LogP) is 4.35. The van der Waals surface area contributed by atoms with Gasteiger partial charge in [-0.15, -0.1) is 24.8 Å². The zero-order valence-electron chi connectivity index (χ0n) is 13.8. The van der Waals surface area contributed by atoms with Gasteiger partial charge in [-0.25, -0.2) is 0 Å². The Kier molecular flexibility index (Phi) is 7.83. The Hall–Kier alpha value is -2.15. The maximum atomic E-state index is 5.38. The summed E-state index contributed by atoms with van der Waals surface area (Å²) >= 11 is 5.38. The molecule has 0 spiro atoms. The van der Waals surface area contributed by atoms with Gasteiger partial charge in [0.15, 0.2) is 5.11 Å². The molecule has 0 amide bonds. The van der Waals surface area contributed by atoms with Crippen LogP contribution in [0.5, 0.6) is 0 Å². The number of nitrogens with one attached hydrogen (secondary N) is 2. The van der Waals surface area contributed by atoms with Gasteiger partial charge in [-0.05, 0) is 54.7 Å². The molecule has 2 heterocycles. The van der Waals surface area contributed by atoms with Crippen LogP contribution in [0.25, 0.3) is 11.0 Å². The molecule has 5 nitrogen and oxygen atoms in total. The van der Waals surface area contributed by atoms with E-state index in [-0.39, 0.29) is 24.8 Å². The summed E-state index contributed by atoms with van der Waals surface area (Å²) in [4.78, 5) is 10.7. The fourth-order valence-electron chi connectivity index (χ4n) is 2.21. The molecule has 25 heavy (non-hydrogen) atoms. The zero-order chi connectivity index (χ0) is 16.2. The number of thiocarbonyl (C=S) groups is 1. The first-order chi connectivity index (χ1) is 11.1. The molecular weight excluding hydrogens is 377 g/mol. The average molecular weight is 396 g/mol. The second kappa shape index (κ2) is 9.36. The number of hydrogen-bond acceptors (Lipinski definition) is 4. The van der Waals surface area contributed by atoms with Gasteiger partial charge < -0.3 is 15.5 Å². The van der Waals surface area contributed by atoms with Crippen molar-refractivity contribution in [3.05, 3.63) is 54.9 Å². The summed E-state index contributed by atoms with van der Waals surface area (Å²) < 4.78 is 0. The Morgan fingerprint density at radius 2 is 1.64 bits per heavy atom. The van der Waals surface area contributed by atoms with E-state index in [1.54, 1.807) is 12.4 Å². The summed E-state index contributed by atoms with van der Waals surface area (Å²) in [5.74, 6) is 0. The normalized spacial score (nSPS) is 9.52. The minimum absolute atomic E-state index is 0. The number of fused-ring (bicyclic) bond motifs is 1. The number of anilines is 3. The van der Waals surface area contributed by atoms with E-state index >= 15 is 0 Å². The van der Waals surface area contributed by atoms with E-state index in [9.17, 15) is 0 Å². The summed E-state index contributed by atoms with van der Waals surface area (Å²) in [5, 5.41) is 6.87. The molecule has 2 N–H and O–H groups in total. The van der Waals surface area contributed by atoms with Crippen molar-refractivity contribution < 1.29 is 0 Å². The molecule has 0 aliphatic rings. The van der Waals surface area contributed by atoms with Crippen LogP contribution in [0.15, 0.2) is 54.9 Å². The van der Waals surface area contributed by atoms with Gasteiger partial charge in [-0.3, -0.25) is 9.97 Å². The first kappa shape index (κ1) is 20.9. The van der Waals surface area contributed by atoms with Crippen LogP contribution in [0, 0.1) is 0 Å². The van der Waals surface area contributed by atoms with Gasteiger partial charge in [-0.1, -0.05) is 0 Å². The minimum Gasteiger partial charge on any atom is -0.378 e. The van der Waals surface area contributed by atoms with E-state index in [0.717, 1.165) is 28.1 Å². The topological polar surface area (TPSA) is 53.1 Å². The Balaban J connectivity index is 0.00000156. The molecule has 3 rings (SSSR count). The number of benzene rings is 1. The van der Waals surface area contributed by atoms with Gasteiger partial charge in [-0.2, -0.15) is 0 Å². The summed E-state index contributed by atoms with van der Waals surface area (Å²) in [6, 6.07) is 13.7. The number of hydrogen-bond donors (Lipinski definition) is 2. The van der Waals surface area contributed by atoms with E-state index in [2.05, 4.69) is 25.5 Å². The van der Waals surface area contributed by atoms with Crippen LogP contribution in [0.4, 0.5) is 17.1 Å². The molecule has 0 saturated heterocycles. The number of halogens is 2. The third kappa shape index (κ3) is 5.16. The van der Waals surface area contributed by atoms with Crippen molar-refractivity contribution in [2.45, 2.75) is 0 Å². The highest BCUT2D eigenvalue weighted by Crippen LogP contribution is 2.19. The van der Waals surface area contributed by atoms with Crippen LogP contribution in [0.2, 0.25) is 0 Å². The SMILES string of the molecule is CN(C)c1ccc(NC(=S)Nc2ccnc3cccnc23)cc1.Cl.Cl. The summed E-state index contributed by atoms with van der Waals surface area (Å²) in [5.41, 5.74) is 4.52. The predicted molar refractivity (Wildman–Crippen MR) is 115 cm³/mol. The van der Waals surface area contributed by atoms with Gasteiger partial charge in [0.05, 0.1) is 11.2 Å². The standard InChI is InChI=1S/C17H17N5S.2ClH/c1-22(2)13-7-5-12(6-8-13)20-17(23)21-15-9-11-18-14-4-3-10-19-16(14)15;;/h3-11H,1-2H3,(H2,18,20,21,23);2*1H. The van der Waals surface area contributed by atoms with E-state index in [1.165, 1.54) is 0 Å². The Labute approximate surface area is 164 Å². The zero-order valence-corrected chi connectivity index (χ0v) is 16.2. The second-order valence-corrected chi connectivity index (χ2v) is 5.66. The van der Waals surface area contributed by atoms with E-state index in [1.807, 2.05) is 56.6 Å². The molecule has 0 radical (unpaired) electrons. The molecule has 0 bridgehead atoms. The maximum absolute atomic E-state index is 5.38. The van der Waals surface area contributed by atoms with Crippen molar-refractivity contribution in [1.29, 1.82) is 0 Å². The summed E-state index contributed by atoms with van der Waals surface area (Å²) in [6.07, 6.45) is 3.48. The van der Waals surface area contributed by atoms with Gasteiger partial charge >= 0.3 is 0 Å². The van der Waals surface area contributed by atoms with Crippen molar-refractivity contribution in [2.75, 3.05) is 29.6 Å². The van der Waals surface area contributed by atoms with E-state index in [4.69, 9.17) is 12.2 Å². The lowest BCUT2D eigenvalue weighted by Gasteiger charge is -2.14. The lowest BCUT2D eigenvalue weighted by atomic mass is 10.2. The highest BCUT2D eigenvalue weighted by atomic mass is 35.5. The lowest BCUT2D eigenvalue weighted by molar-refractivity contribution is 1.13. The molecule has 8 heteroatoms. The molecule has 0 saturated carbocycles. The highest BCUT2D eigenvalue weighted by molar-refractivity contribution is 7.80. The highest BCUT2D eigenvalue weighted by Gasteiger charge is 2.05. The van der Waals surface area contributed by atoms with Gasteiger partial charge in [0.25, 0.3) is 0 Å². The lowest BCUT2D eigenvalue weighted by Crippen LogP contribution is -2.19. The van der Waals surface area contributed by atoms with Gasteiger partial charge in [0.2, 0.25) is 0 Å². The van der Waals surface area contributed by atoms with Crippen LogP contribution < -0.4 is 15.5 Å². The summed E-state index contributed by atoms with van der Waals surface area (Å²) in [7, 11) is 4.02. The third-order valence-electron chi connectivity index (χ3n) is 3.39. The molecule has 1 aromatic carbocycles. The van der Waals surface area contributed by atoms with Crippen LogP contribution in [0.1, 0.15) is 0 Å². The van der Waals surface area contributed by atoms with E-state index < -0.39 is 0 Å². The monoisotopic (exact) mass is 395 g/mol. The molecule has 0 unspecified atom stereocenters. The molecule has 132 valence electrons. The molecule has 3 aromatic rings. The number of aromatic nitrogens is 2. The van der Waals surface area contributed by atoms with Crippen molar-refractivity contribution in [1.82, 2.24) is 9.97 Å². The minimum atomic E-state index is 0. The molecule has 0 atom stereocenters. The average Bonchev–Trinajstić information content (AvgIpc) is 2.55. The van der Waals surface area contributed by atoms with Crippen molar-refractivity contribution >= 4 is 70.2 Å². The summed E-state index contributed by atoms with van der Waals surface area (Å²) in [6.45, 7) is 0. The first-order valence-electron chi connectivity index (χ1n) is 7.18. The van der Waals surface area contributed by atoms with Gasteiger partial charge in [0, 0.05) is 37.9 Å². The smallest absolute Gasteiger partial charge is 0.175 e. The van der Waals surface area contributed by atoms with E-state index in [0.29, 0.717) is 5.11 Å². The van der Waals surface area contributed by atoms with Crippen LogP contribution in [-0.4, -0.2) is 29.2 Å².